The third-order valence-electron chi connectivity index (χ3n) is 5.01. The number of rotatable bonds is 5. The second kappa shape index (κ2) is 8.02. The lowest BCUT2D eigenvalue weighted by molar-refractivity contribution is -0.122. The fourth-order valence-corrected chi connectivity index (χ4v) is 3.70. The summed E-state index contributed by atoms with van der Waals surface area (Å²) in [5.74, 6) is 0.705. The second-order valence-electron chi connectivity index (χ2n) is 6.73. The number of nitrogens with zero attached hydrogens (tertiary/aromatic N) is 1. The first kappa shape index (κ1) is 18.5. The first-order valence-corrected chi connectivity index (χ1v) is 9.21. The quantitative estimate of drug-likeness (QED) is 0.449. The molecule has 2 aromatic heterocycles. The van der Waals surface area contributed by atoms with Gasteiger partial charge in [0.05, 0.1) is 11.2 Å². The Hall–Kier alpha value is -3.86. The number of hydrogen-bond donors (Lipinski definition) is 1. The summed E-state index contributed by atoms with van der Waals surface area (Å²) in [6, 6.07) is 22.2. The number of carboxylic acid groups (broad SMARTS) is 1. The zero-order valence-electron chi connectivity index (χ0n) is 15.6. The van der Waals surface area contributed by atoms with E-state index in [1.54, 1.807) is 0 Å². The maximum Gasteiger partial charge on any atom is 0.290 e. The normalized spacial score (nSPS) is 11.2. The largest absolute Gasteiger partial charge is 0.489 e. The Balaban J connectivity index is 0.000000645. The van der Waals surface area contributed by atoms with E-state index in [4.69, 9.17) is 14.6 Å². The molecule has 0 spiro atoms. The van der Waals surface area contributed by atoms with Gasteiger partial charge < -0.3 is 14.2 Å². The first-order chi connectivity index (χ1) is 14.2. The zero-order valence-corrected chi connectivity index (χ0v) is 15.6. The van der Waals surface area contributed by atoms with Crippen LogP contribution in [-0.2, 0) is 17.8 Å². The molecule has 4 aromatic rings. The van der Waals surface area contributed by atoms with Crippen molar-refractivity contribution < 1.29 is 19.4 Å². The molecule has 0 aliphatic heterocycles. The van der Waals surface area contributed by atoms with E-state index in [9.17, 15) is 4.79 Å². The average molecular weight is 385 g/mol. The van der Waals surface area contributed by atoms with Crippen molar-refractivity contribution in [3.05, 3.63) is 95.2 Å². The van der Waals surface area contributed by atoms with E-state index in [1.165, 1.54) is 16.6 Å². The van der Waals surface area contributed by atoms with Crippen LogP contribution in [0.4, 0.5) is 0 Å². The Kier molecular flexibility index (Phi) is 5.12. The lowest BCUT2D eigenvalue weighted by atomic mass is 9.95. The van der Waals surface area contributed by atoms with Crippen LogP contribution in [0.5, 0.6) is 5.75 Å². The third-order valence-corrected chi connectivity index (χ3v) is 5.01. The van der Waals surface area contributed by atoms with Crippen LogP contribution in [0, 0.1) is 0 Å². The number of ether oxygens (including phenoxy) is 1. The van der Waals surface area contributed by atoms with Crippen molar-refractivity contribution in [1.29, 1.82) is 0 Å². The van der Waals surface area contributed by atoms with Crippen molar-refractivity contribution in [3.8, 4) is 17.0 Å². The molecule has 0 atom stereocenters. The molecule has 0 unspecified atom stereocenters. The van der Waals surface area contributed by atoms with Crippen molar-refractivity contribution >= 4 is 18.3 Å². The molecule has 29 heavy (non-hydrogen) atoms. The van der Waals surface area contributed by atoms with Gasteiger partial charge in [-0.15, -0.1) is 0 Å². The summed E-state index contributed by atoms with van der Waals surface area (Å²) >= 11 is 0. The lowest BCUT2D eigenvalue weighted by Crippen LogP contribution is -2.02. The van der Waals surface area contributed by atoms with E-state index in [2.05, 4.69) is 28.8 Å². The van der Waals surface area contributed by atoms with Crippen LogP contribution in [0.15, 0.2) is 72.9 Å². The lowest BCUT2D eigenvalue weighted by Gasteiger charge is -2.15. The average Bonchev–Trinajstić information content (AvgIpc) is 3.08. The van der Waals surface area contributed by atoms with Crippen LogP contribution in [0.25, 0.3) is 16.8 Å². The summed E-state index contributed by atoms with van der Waals surface area (Å²) in [5, 5.41) is 6.89. The molecule has 0 bridgehead atoms. The van der Waals surface area contributed by atoms with Gasteiger partial charge in [-0.3, -0.25) is 9.59 Å². The number of carbonyl (C=O) groups excluding carboxylic acids is 1. The maximum atomic E-state index is 11.7. The summed E-state index contributed by atoms with van der Waals surface area (Å²) < 4.78 is 8.04. The SMILES string of the molecule is O=CO.O=Cc1cc(OCc2ccccc2)ccc1-c1cc2c3c(cccn13)C2. The molecule has 1 aliphatic rings. The van der Waals surface area contributed by atoms with Crippen molar-refractivity contribution in [2.75, 3.05) is 0 Å². The summed E-state index contributed by atoms with van der Waals surface area (Å²) in [7, 11) is 0. The Morgan fingerprint density at radius 2 is 1.76 bits per heavy atom. The molecule has 5 heteroatoms. The number of aromatic nitrogens is 1. The molecule has 2 heterocycles. The second-order valence-corrected chi connectivity index (χ2v) is 6.73. The summed E-state index contributed by atoms with van der Waals surface area (Å²) in [6.45, 7) is 0.236. The van der Waals surface area contributed by atoms with Gasteiger partial charge in [-0.25, -0.2) is 0 Å². The van der Waals surface area contributed by atoms with Gasteiger partial charge in [0, 0.05) is 23.7 Å². The molecule has 144 valence electrons. The number of aldehydes is 1. The summed E-state index contributed by atoms with van der Waals surface area (Å²) in [4.78, 5) is 20.1. The fraction of sp³-hybridized carbons (Fsp3) is 0.0833. The highest BCUT2D eigenvalue weighted by Gasteiger charge is 2.22. The zero-order chi connectivity index (χ0) is 20.2. The molecule has 5 rings (SSSR count). The standard InChI is InChI=1S/C23H17NO2.CH2O2/c25-14-19-12-20(26-15-16-5-2-1-3-6-16)8-9-21(19)22-13-18-11-17-7-4-10-24(22)23(17)18;2-1-3/h1-10,12-14H,11,15H2;1H,(H,2,3). The van der Waals surface area contributed by atoms with Crippen LogP contribution in [0.3, 0.4) is 0 Å². The Labute approximate surface area is 167 Å². The van der Waals surface area contributed by atoms with Crippen LogP contribution in [0.1, 0.15) is 27.0 Å². The minimum absolute atomic E-state index is 0.250. The van der Waals surface area contributed by atoms with Gasteiger partial charge in [0.15, 0.2) is 6.29 Å². The summed E-state index contributed by atoms with van der Waals surface area (Å²) in [5.41, 5.74) is 7.74. The monoisotopic (exact) mass is 385 g/mol. The van der Waals surface area contributed by atoms with Gasteiger partial charge in [-0.1, -0.05) is 36.4 Å². The third kappa shape index (κ3) is 3.50. The van der Waals surface area contributed by atoms with Gasteiger partial charge >= 0.3 is 0 Å². The van der Waals surface area contributed by atoms with Crippen molar-refractivity contribution in [2.24, 2.45) is 0 Å². The predicted octanol–water partition coefficient (Wildman–Crippen LogP) is 4.60. The number of pyridine rings is 1. The van der Waals surface area contributed by atoms with Gasteiger partial charge in [-0.05, 0) is 47.0 Å². The van der Waals surface area contributed by atoms with E-state index >= 15 is 0 Å². The smallest absolute Gasteiger partial charge is 0.290 e. The van der Waals surface area contributed by atoms with E-state index in [-0.39, 0.29) is 6.47 Å². The highest BCUT2D eigenvalue weighted by atomic mass is 16.5. The first-order valence-electron chi connectivity index (χ1n) is 9.21. The summed E-state index contributed by atoms with van der Waals surface area (Å²) in [6.07, 6.45) is 3.98. The van der Waals surface area contributed by atoms with E-state index < -0.39 is 0 Å². The Bertz CT molecular complexity index is 1180. The maximum absolute atomic E-state index is 11.7. The molecule has 0 fully saturated rings. The molecule has 0 radical (unpaired) electrons. The number of benzene rings is 2. The van der Waals surface area contributed by atoms with Crippen LogP contribution >= 0.6 is 0 Å². The van der Waals surface area contributed by atoms with Crippen LogP contribution in [-0.4, -0.2) is 22.3 Å². The molecule has 1 N–H and O–H groups in total. The van der Waals surface area contributed by atoms with Gasteiger partial charge in [0.1, 0.15) is 12.4 Å². The number of carbonyl (C=O) groups is 2. The molecular formula is C24H19NO4. The molecular weight excluding hydrogens is 366 g/mol. The van der Waals surface area contributed by atoms with Gasteiger partial charge in [-0.2, -0.15) is 0 Å². The van der Waals surface area contributed by atoms with Crippen molar-refractivity contribution in [2.45, 2.75) is 13.0 Å². The molecule has 2 aromatic carbocycles. The fourth-order valence-electron chi connectivity index (χ4n) is 3.70. The number of hydrogen-bond acceptors (Lipinski definition) is 3. The van der Waals surface area contributed by atoms with E-state index in [0.717, 1.165) is 29.5 Å². The minimum Gasteiger partial charge on any atom is -0.489 e. The van der Waals surface area contributed by atoms with Gasteiger partial charge in [0.25, 0.3) is 6.47 Å². The van der Waals surface area contributed by atoms with Crippen LogP contribution < -0.4 is 4.74 Å². The van der Waals surface area contributed by atoms with E-state index in [0.29, 0.717) is 17.9 Å². The molecule has 0 saturated carbocycles. The predicted molar refractivity (Wildman–Crippen MR) is 110 cm³/mol. The molecule has 1 aliphatic carbocycles. The van der Waals surface area contributed by atoms with Gasteiger partial charge in [0.2, 0.25) is 0 Å². The topological polar surface area (TPSA) is 68.0 Å². The van der Waals surface area contributed by atoms with E-state index in [1.807, 2.05) is 48.5 Å². The highest BCUT2D eigenvalue weighted by molar-refractivity contribution is 5.90. The van der Waals surface area contributed by atoms with Crippen LogP contribution in [0.2, 0.25) is 0 Å². The molecule has 5 nitrogen and oxygen atoms in total. The highest BCUT2D eigenvalue weighted by Crippen LogP contribution is 2.37. The Morgan fingerprint density at radius 1 is 0.966 bits per heavy atom. The molecule has 0 amide bonds. The molecule has 0 saturated heterocycles. The Morgan fingerprint density at radius 3 is 2.52 bits per heavy atom. The van der Waals surface area contributed by atoms with Crippen molar-refractivity contribution in [3.63, 3.8) is 0 Å². The minimum atomic E-state index is -0.250. The van der Waals surface area contributed by atoms with Crippen molar-refractivity contribution in [1.82, 2.24) is 4.40 Å².